The van der Waals surface area contributed by atoms with Crippen molar-refractivity contribution in [3.05, 3.63) is 47.0 Å². The van der Waals surface area contributed by atoms with E-state index in [-0.39, 0.29) is 12.1 Å². The second kappa shape index (κ2) is 5.37. The quantitative estimate of drug-likeness (QED) is 0.747. The second-order valence-electron chi connectivity index (χ2n) is 4.37. The summed E-state index contributed by atoms with van der Waals surface area (Å²) in [5.41, 5.74) is 0.579. The van der Waals surface area contributed by atoms with Gasteiger partial charge in [0.25, 0.3) is 0 Å². The van der Waals surface area contributed by atoms with Gasteiger partial charge in [-0.25, -0.2) is 4.79 Å². The lowest BCUT2D eigenvalue weighted by molar-refractivity contribution is 0.0269. The third-order valence-corrected chi connectivity index (χ3v) is 3.31. The van der Waals surface area contributed by atoms with E-state index in [1.54, 1.807) is 12.1 Å². The lowest BCUT2D eigenvalue weighted by Crippen LogP contribution is -2.26. The van der Waals surface area contributed by atoms with Crippen LogP contribution in [-0.4, -0.2) is 12.1 Å². The summed E-state index contributed by atoms with van der Waals surface area (Å²) in [6.07, 6.45) is 3.48. The number of hydrogen-bond acceptors (Lipinski definition) is 2. The molecule has 1 aromatic carbocycles. The number of esters is 1. The molecule has 0 N–H and O–H groups in total. The predicted octanol–water partition coefficient (Wildman–Crippen LogP) is 3.76. The summed E-state index contributed by atoms with van der Waals surface area (Å²) in [7, 11) is 0. The highest BCUT2D eigenvalue weighted by Crippen LogP contribution is 2.28. The Morgan fingerprint density at radius 3 is 2.76 bits per heavy atom. The van der Waals surface area contributed by atoms with Crippen LogP contribution >= 0.6 is 11.6 Å². The van der Waals surface area contributed by atoms with Crippen LogP contribution in [0.25, 0.3) is 0 Å². The molecular weight excluding hydrogens is 236 g/mol. The van der Waals surface area contributed by atoms with Gasteiger partial charge < -0.3 is 4.74 Å². The van der Waals surface area contributed by atoms with Crippen LogP contribution in [0.3, 0.4) is 0 Å². The number of carbonyl (C=O) groups is 1. The van der Waals surface area contributed by atoms with Crippen molar-refractivity contribution in [3.8, 4) is 0 Å². The minimum absolute atomic E-state index is 0.205. The molecule has 1 aliphatic carbocycles. The topological polar surface area (TPSA) is 26.3 Å². The Kier molecular flexibility index (Phi) is 3.85. The molecule has 2 unspecified atom stereocenters. The fourth-order valence-corrected chi connectivity index (χ4v) is 2.10. The molecule has 0 spiro atoms. The van der Waals surface area contributed by atoms with Gasteiger partial charge in [0.1, 0.15) is 6.10 Å². The van der Waals surface area contributed by atoms with Gasteiger partial charge in [-0.2, -0.15) is 0 Å². The van der Waals surface area contributed by atoms with Gasteiger partial charge in [0, 0.05) is 5.03 Å². The molecule has 2 rings (SSSR count). The maximum Gasteiger partial charge on any atom is 0.338 e. The van der Waals surface area contributed by atoms with Crippen LogP contribution in [0.2, 0.25) is 0 Å². The molecule has 1 aromatic rings. The van der Waals surface area contributed by atoms with Crippen LogP contribution in [-0.2, 0) is 4.74 Å². The van der Waals surface area contributed by atoms with Crippen molar-refractivity contribution < 1.29 is 9.53 Å². The molecule has 0 heterocycles. The van der Waals surface area contributed by atoms with Gasteiger partial charge >= 0.3 is 5.97 Å². The summed E-state index contributed by atoms with van der Waals surface area (Å²) >= 11 is 5.98. The van der Waals surface area contributed by atoms with E-state index in [1.165, 1.54) is 0 Å². The van der Waals surface area contributed by atoms with Crippen LogP contribution in [0.15, 0.2) is 41.4 Å². The molecule has 2 nitrogen and oxygen atoms in total. The van der Waals surface area contributed by atoms with Crippen molar-refractivity contribution in [2.24, 2.45) is 5.92 Å². The highest BCUT2D eigenvalue weighted by Gasteiger charge is 2.24. The van der Waals surface area contributed by atoms with Crippen molar-refractivity contribution >= 4 is 17.6 Å². The maximum atomic E-state index is 11.9. The Labute approximate surface area is 106 Å². The van der Waals surface area contributed by atoms with E-state index in [0.717, 1.165) is 17.9 Å². The zero-order chi connectivity index (χ0) is 12.3. The Balaban J connectivity index is 2.06. The van der Waals surface area contributed by atoms with Crippen LogP contribution < -0.4 is 0 Å². The second-order valence-corrected chi connectivity index (χ2v) is 4.85. The number of hydrogen-bond donors (Lipinski definition) is 0. The SMILES string of the molecule is CC1CCC(Cl)=CC1OC(=O)c1ccccc1. The molecule has 90 valence electrons. The standard InChI is InChI=1S/C14H15ClO2/c1-10-7-8-12(15)9-13(10)17-14(16)11-5-3-2-4-6-11/h2-6,9-10,13H,7-8H2,1H3. The predicted molar refractivity (Wildman–Crippen MR) is 68.0 cm³/mol. The molecule has 0 radical (unpaired) electrons. The molecule has 0 saturated heterocycles. The van der Waals surface area contributed by atoms with Gasteiger partial charge in [0.2, 0.25) is 0 Å². The van der Waals surface area contributed by atoms with E-state index in [2.05, 4.69) is 6.92 Å². The molecule has 3 heteroatoms. The summed E-state index contributed by atoms with van der Waals surface area (Å²) in [5, 5.41) is 0.786. The summed E-state index contributed by atoms with van der Waals surface area (Å²) in [6.45, 7) is 2.07. The van der Waals surface area contributed by atoms with E-state index in [4.69, 9.17) is 16.3 Å². The van der Waals surface area contributed by atoms with Crippen molar-refractivity contribution in [2.45, 2.75) is 25.9 Å². The maximum absolute atomic E-state index is 11.9. The average Bonchev–Trinajstić information content (AvgIpc) is 2.35. The number of carbonyl (C=O) groups excluding carboxylic acids is 1. The lowest BCUT2D eigenvalue weighted by atomic mass is 9.93. The largest absolute Gasteiger partial charge is 0.454 e. The number of allylic oxidation sites excluding steroid dienone is 1. The Morgan fingerprint density at radius 1 is 1.35 bits per heavy atom. The molecule has 1 aliphatic rings. The van der Waals surface area contributed by atoms with Crippen LogP contribution in [0.5, 0.6) is 0 Å². The molecule has 0 bridgehead atoms. The van der Waals surface area contributed by atoms with Gasteiger partial charge in [-0.05, 0) is 37.0 Å². The summed E-state index contributed by atoms with van der Waals surface area (Å²) < 4.78 is 5.46. The molecular formula is C14H15ClO2. The molecule has 0 amide bonds. The third kappa shape index (κ3) is 3.10. The molecule has 0 saturated carbocycles. The number of ether oxygens (including phenoxy) is 1. The number of halogens is 1. The molecule has 2 atom stereocenters. The highest BCUT2D eigenvalue weighted by molar-refractivity contribution is 6.29. The molecule has 0 aliphatic heterocycles. The Hall–Kier alpha value is -1.28. The third-order valence-electron chi connectivity index (χ3n) is 3.00. The van der Waals surface area contributed by atoms with Crippen molar-refractivity contribution in [1.82, 2.24) is 0 Å². The first-order valence-corrected chi connectivity index (χ1v) is 6.17. The van der Waals surface area contributed by atoms with Gasteiger partial charge in [-0.3, -0.25) is 0 Å². The van der Waals surface area contributed by atoms with Gasteiger partial charge in [0.05, 0.1) is 5.56 Å². The Morgan fingerprint density at radius 2 is 2.06 bits per heavy atom. The van der Waals surface area contributed by atoms with Crippen LogP contribution in [0.1, 0.15) is 30.1 Å². The summed E-state index contributed by atoms with van der Waals surface area (Å²) in [5.74, 6) is 0.0372. The first-order valence-electron chi connectivity index (χ1n) is 5.79. The number of benzene rings is 1. The van der Waals surface area contributed by atoms with Crippen LogP contribution in [0.4, 0.5) is 0 Å². The smallest absolute Gasteiger partial charge is 0.338 e. The first kappa shape index (κ1) is 12.2. The Bertz CT molecular complexity index is 425. The van der Waals surface area contributed by atoms with E-state index >= 15 is 0 Å². The highest BCUT2D eigenvalue weighted by atomic mass is 35.5. The number of rotatable bonds is 2. The first-order chi connectivity index (χ1) is 8.16. The normalized spacial score (nSPS) is 24.0. The fraction of sp³-hybridized carbons (Fsp3) is 0.357. The van der Waals surface area contributed by atoms with Crippen LogP contribution in [0, 0.1) is 5.92 Å². The van der Waals surface area contributed by atoms with Crippen molar-refractivity contribution in [2.75, 3.05) is 0 Å². The van der Waals surface area contributed by atoms with E-state index in [9.17, 15) is 4.79 Å². The van der Waals surface area contributed by atoms with E-state index < -0.39 is 0 Å². The summed E-state index contributed by atoms with van der Waals surface area (Å²) in [4.78, 5) is 11.9. The molecule has 0 fully saturated rings. The van der Waals surface area contributed by atoms with Gasteiger partial charge in [0.15, 0.2) is 0 Å². The zero-order valence-corrected chi connectivity index (χ0v) is 10.5. The minimum Gasteiger partial charge on any atom is -0.454 e. The molecule has 0 aromatic heterocycles. The average molecular weight is 251 g/mol. The monoisotopic (exact) mass is 250 g/mol. The van der Waals surface area contributed by atoms with Gasteiger partial charge in [-0.15, -0.1) is 0 Å². The lowest BCUT2D eigenvalue weighted by Gasteiger charge is -2.25. The van der Waals surface area contributed by atoms with E-state index in [1.807, 2.05) is 24.3 Å². The van der Waals surface area contributed by atoms with Crippen molar-refractivity contribution in [3.63, 3.8) is 0 Å². The molecule has 17 heavy (non-hydrogen) atoms. The minimum atomic E-state index is -0.287. The fourth-order valence-electron chi connectivity index (χ4n) is 1.87. The summed E-state index contributed by atoms with van der Waals surface area (Å²) in [6, 6.07) is 9.02. The van der Waals surface area contributed by atoms with Gasteiger partial charge in [-0.1, -0.05) is 36.7 Å². The van der Waals surface area contributed by atoms with Crippen molar-refractivity contribution in [1.29, 1.82) is 0 Å². The van der Waals surface area contributed by atoms with E-state index in [0.29, 0.717) is 11.5 Å². The zero-order valence-electron chi connectivity index (χ0n) is 9.73.